The molecule has 1 aliphatic carbocycles. The smallest absolute Gasteiger partial charge is 0.332 e. The number of carbonyl (C=O) groups is 6. The fourth-order valence-corrected chi connectivity index (χ4v) is 11.7. The van der Waals surface area contributed by atoms with Crippen LogP contribution in [0.3, 0.4) is 0 Å². The number of Topliss-reactive ketones (excluding diaryl/α,β-unsaturated/α-hetero) is 2. The Morgan fingerprint density at radius 3 is 1.92 bits per heavy atom. The largest absolute Gasteiger partial charge is 0.459 e. The van der Waals surface area contributed by atoms with Gasteiger partial charge in [-0.1, -0.05) is 106 Å². The average molecular weight is 1090 g/mol. The van der Waals surface area contributed by atoms with Crippen LogP contribution in [0.5, 0.6) is 0 Å². The predicted molar refractivity (Wildman–Crippen MR) is 288 cm³/mol. The fourth-order valence-electron chi connectivity index (χ4n) is 11.7. The lowest BCUT2D eigenvalue weighted by molar-refractivity contribution is -0.302. The number of hydrogen-bond acceptors (Lipinski definition) is 16. The van der Waals surface area contributed by atoms with Crippen molar-refractivity contribution in [3.8, 4) is 0 Å². The van der Waals surface area contributed by atoms with Crippen molar-refractivity contribution in [3.05, 3.63) is 95.1 Å². The Balaban J connectivity index is 1.33. The third-order valence-electron chi connectivity index (χ3n) is 16.2. The van der Waals surface area contributed by atoms with Gasteiger partial charge in [-0.25, -0.2) is 14.4 Å². The minimum Gasteiger partial charge on any atom is -0.459 e. The van der Waals surface area contributed by atoms with Crippen molar-refractivity contribution in [2.45, 2.75) is 180 Å². The second kappa shape index (κ2) is 29.9. The van der Waals surface area contributed by atoms with Crippen molar-refractivity contribution in [1.29, 1.82) is 0 Å². The standard InChI is InChI=1S/C61H85NO16/c1-10-46-28-38(2)27-39(3)29-52(71-8)57-53(72-9)31-41(5)61(69,78-57)58(66)59(67)62-26-18-17-23-47(62)60(68)77-56(42(6)50(33-48(46)63)74-37-55(65)76-35-44-21-15-12-16-22-44)40(4)30-45-24-25-49(51(32-45)70-7)73-36-54(64)75-34-43-19-13-11-14-20-43/h11-16,19-22,28,30,39,41-42,45-47,49-53,56-57,69H,10,17-18,23-27,29,31-37H2,1-9H3/b38-28+,40-30+/t39-,41+,42+,45-,46+,47-,49+,50-,51+,52-,53-,56+,57+,61+/m0/s1. The molecule has 430 valence electrons. The number of hydrogen-bond donors (Lipinski definition) is 1. The molecule has 4 aliphatic rings. The Hall–Kier alpha value is -5.14. The van der Waals surface area contributed by atoms with Crippen molar-refractivity contribution >= 4 is 35.4 Å². The van der Waals surface area contributed by atoms with Gasteiger partial charge in [0.25, 0.3) is 11.7 Å². The van der Waals surface area contributed by atoms with Crippen LogP contribution in [0.4, 0.5) is 0 Å². The van der Waals surface area contributed by atoms with E-state index in [0.717, 1.165) is 16.7 Å². The highest BCUT2D eigenvalue weighted by molar-refractivity contribution is 6.39. The first-order valence-corrected chi connectivity index (χ1v) is 27.9. The quantitative estimate of drug-likeness (QED) is 0.0731. The summed E-state index contributed by atoms with van der Waals surface area (Å²) in [5, 5.41) is 12.3. The molecule has 2 aromatic carbocycles. The summed E-state index contributed by atoms with van der Waals surface area (Å²) in [5.41, 5.74) is 3.22. The molecule has 0 radical (unpaired) electrons. The van der Waals surface area contributed by atoms with E-state index in [1.807, 2.05) is 107 Å². The van der Waals surface area contributed by atoms with Crippen LogP contribution in [-0.2, 0) is 84.6 Å². The molecule has 14 atom stereocenters. The van der Waals surface area contributed by atoms with Crippen LogP contribution in [0.15, 0.2) is 84.0 Å². The van der Waals surface area contributed by atoms with E-state index >= 15 is 0 Å². The molecule has 0 spiro atoms. The first-order chi connectivity index (χ1) is 37.4. The highest BCUT2D eigenvalue weighted by atomic mass is 16.7. The summed E-state index contributed by atoms with van der Waals surface area (Å²) in [6.07, 6.45) is 3.32. The molecular formula is C61H85NO16. The molecule has 2 saturated heterocycles. The zero-order valence-corrected chi connectivity index (χ0v) is 47.3. The van der Waals surface area contributed by atoms with Gasteiger partial charge < -0.3 is 52.6 Å². The number of allylic oxidation sites excluding steroid dienone is 3. The number of rotatable bonds is 16. The van der Waals surface area contributed by atoms with E-state index < -0.39 is 109 Å². The molecular weight excluding hydrogens is 1000 g/mol. The van der Waals surface area contributed by atoms with Crippen molar-refractivity contribution in [2.24, 2.45) is 29.6 Å². The van der Waals surface area contributed by atoms with E-state index in [1.54, 1.807) is 14.0 Å². The third kappa shape index (κ3) is 16.7. The first kappa shape index (κ1) is 62.1. The Kier molecular flexibility index (Phi) is 23.8. The van der Waals surface area contributed by atoms with E-state index in [1.165, 1.54) is 19.1 Å². The van der Waals surface area contributed by atoms with Gasteiger partial charge in [0.1, 0.15) is 50.5 Å². The molecule has 0 aromatic heterocycles. The van der Waals surface area contributed by atoms with Gasteiger partial charge in [-0.05, 0) is 107 Å². The number of carbonyl (C=O) groups excluding carboxylic acids is 6. The molecule has 2 aromatic rings. The molecule has 78 heavy (non-hydrogen) atoms. The van der Waals surface area contributed by atoms with E-state index in [-0.39, 0.29) is 63.2 Å². The summed E-state index contributed by atoms with van der Waals surface area (Å²) in [7, 11) is 4.64. The van der Waals surface area contributed by atoms with E-state index in [0.29, 0.717) is 56.9 Å². The van der Waals surface area contributed by atoms with Crippen LogP contribution < -0.4 is 0 Å². The van der Waals surface area contributed by atoms with Gasteiger partial charge >= 0.3 is 17.9 Å². The molecule has 0 unspecified atom stereocenters. The second-order valence-electron chi connectivity index (χ2n) is 22.0. The number of amides is 1. The molecule has 6 rings (SSSR count). The fraction of sp³-hybridized carbons (Fsp3) is 0.639. The summed E-state index contributed by atoms with van der Waals surface area (Å²) >= 11 is 0. The molecule has 1 amide bonds. The van der Waals surface area contributed by atoms with Gasteiger partial charge in [0, 0.05) is 52.0 Å². The summed E-state index contributed by atoms with van der Waals surface area (Å²) in [4.78, 5) is 86.2. The normalized spacial score (nSPS) is 32.9. The minimum atomic E-state index is -2.56. The van der Waals surface area contributed by atoms with Crippen molar-refractivity contribution in [1.82, 2.24) is 4.90 Å². The number of benzene rings is 2. The lowest BCUT2D eigenvalue weighted by Gasteiger charge is -2.47. The molecule has 3 heterocycles. The first-order valence-electron chi connectivity index (χ1n) is 27.9. The number of methoxy groups -OCH3 is 3. The van der Waals surface area contributed by atoms with Gasteiger partial charge in [0.15, 0.2) is 0 Å². The zero-order valence-electron chi connectivity index (χ0n) is 47.3. The molecule has 2 bridgehead atoms. The van der Waals surface area contributed by atoms with E-state index in [9.17, 15) is 33.9 Å². The van der Waals surface area contributed by atoms with Gasteiger partial charge in [-0.15, -0.1) is 0 Å². The number of nitrogens with zero attached hydrogens (tertiary/aromatic N) is 1. The van der Waals surface area contributed by atoms with Crippen LogP contribution >= 0.6 is 0 Å². The molecule has 3 aliphatic heterocycles. The van der Waals surface area contributed by atoms with Gasteiger partial charge in [-0.2, -0.15) is 0 Å². The maximum Gasteiger partial charge on any atom is 0.332 e. The summed E-state index contributed by atoms with van der Waals surface area (Å²) in [6.45, 7) is 10.6. The maximum absolute atomic E-state index is 15.0. The van der Waals surface area contributed by atoms with Crippen LogP contribution in [0.2, 0.25) is 0 Å². The average Bonchev–Trinajstić information content (AvgIpc) is 3.59. The van der Waals surface area contributed by atoms with Crippen molar-refractivity contribution < 1.29 is 76.5 Å². The molecule has 3 fully saturated rings. The zero-order chi connectivity index (χ0) is 56.5. The van der Waals surface area contributed by atoms with Gasteiger partial charge in [-0.3, -0.25) is 14.4 Å². The number of esters is 3. The monoisotopic (exact) mass is 1090 g/mol. The summed E-state index contributed by atoms with van der Waals surface area (Å²) < 4.78 is 54.3. The third-order valence-corrected chi connectivity index (χ3v) is 16.2. The lowest BCUT2D eigenvalue weighted by Crippen LogP contribution is -2.64. The van der Waals surface area contributed by atoms with Crippen molar-refractivity contribution in [2.75, 3.05) is 41.1 Å². The van der Waals surface area contributed by atoms with Crippen molar-refractivity contribution in [3.63, 3.8) is 0 Å². The Labute approximate surface area is 461 Å². The lowest BCUT2D eigenvalue weighted by atomic mass is 9.81. The molecule has 1 saturated carbocycles. The Bertz CT molecular complexity index is 2360. The number of ether oxygens (including phenoxy) is 9. The van der Waals surface area contributed by atoms with Gasteiger partial charge in [0.05, 0.1) is 30.5 Å². The van der Waals surface area contributed by atoms with Crippen LogP contribution in [0.25, 0.3) is 0 Å². The minimum absolute atomic E-state index is 0.0130. The number of piperidine rings is 1. The van der Waals surface area contributed by atoms with E-state index in [2.05, 4.69) is 0 Å². The number of aliphatic hydroxyl groups is 1. The second-order valence-corrected chi connectivity index (χ2v) is 22.0. The van der Waals surface area contributed by atoms with Gasteiger partial charge in [0.2, 0.25) is 5.79 Å². The number of cyclic esters (lactones) is 1. The molecule has 1 N–H and O–H groups in total. The molecule has 17 heteroatoms. The van der Waals surface area contributed by atoms with E-state index in [4.69, 9.17) is 42.6 Å². The topological polar surface area (TPSA) is 209 Å². The molecule has 17 nitrogen and oxygen atoms in total. The predicted octanol–water partition coefficient (Wildman–Crippen LogP) is 8.01. The number of fused-ring (bicyclic) bond motifs is 3. The Morgan fingerprint density at radius 2 is 1.33 bits per heavy atom. The highest BCUT2D eigenvalue weighted by Crippen LogP contribution is 2.40. The summed E-state index contributed by atoms with van der Waals surface area (Å²) in [6, 6.07) is 17.4. The van der Waals surface area contributed by atoms with Crippen LogP contribution in [-0.4, -0.2) is 141 Å². The number of ketones is 2. The van der Waals surface area contributed by atoms with Crippen LogP contribution in [0.1, 0.15) is 123 Å². The Morgan fingerprint density at radius 1 is 0.744 bits per heavy atom. The highest BCUT2D eigenvalue weighted by Gasteiger charge is 2.57. The maximum atomic E-state index is 15.0. The van der Waals surface area contributed by atoms with Crippen LogP contribution in [0, 0.1) is 29.6 Å². The summed E-state index contributed by atoms with van der Waals surface area (Å²) in [5.74, 6) is -9.22. The SMILES string of the molecule is CC[C@@H]1/C=C(\C)C[C@H](C)C[C@H](OC)[C@H]2O[C@@](O)(C(=O)C(=O)N3CCCC[C@H]3C(=O)O[C@H](/C(C)=C/[C@@H]3CC[C@@H](OCC(=O)OCc4ccccc4)[C@H](OC)C3)[C@H](C)[C@@H](OCC(=O)OCc3ccccc3)CC1=O)[C@H](C)C[C@@H]2OC.